The third-order valence-corrected chi connectivity index (χ3v) is 6.54. The number of rotatable bonds is 5. The van der Waals surface area contributed by atoms with E-state index in [0.717, 1.165) is 20.0 Å². The van der Waals surface area contributed by atoms with E-state index in [2.05, 4.69) is 9.62 Å². The molecule has 0 aliphatic carbocycles. The van der Waals surface area contributed by atoms with Gasteiger partial charge in [0.25, 0.3) is 5.92 Å². The van der Waals surface area contributed by atoms with Crippen LogP contribution in [0.2, 0.25) is 0 Å². The summed E-state index contributed by atoms with van der Waals surface area (Å²) in [7, 11) is -1.76. The third-order valence-electron chi connectivity index (χ3n) is 4.91. The molecule has 0 radical (unpaired) electrons. The zero-order valence-electron chi connectivity index (χ0n) is 13.3. The zero-order chi connectivity index (χ0) is 16.4. The standard InChI is InChI=1S/C14H26F2N2O3S/c1-13(15,16)14(5-9-21-10-6-14)11-22(19,20)17-12-3-7-18(2)8-4-12/h12,17H,3-11H2,1-2H3. The highest BCUT2D eigenvalue weighted by Crippen LogP contribution is 2.45. The smallest absolute Gasteiger partial charge is 0.252 e. The lowest BCUT2D eigenvalue weighted by Gasteiger charge is -2.41. The molecular weight excluding hydrogens is 314 g/mol. The summed E-state index contributed by atoms with van der Waals surface area (Å²) < 4.78 is 60.7. The second-order valence-corrected chi connectivity index (χ2v) is 8.49. The van der Waals surface area contributed by atoms with Crippen molar-refractivity contribution in [3.63, 3.8) is 0 Å². The molecule has 2 heterocycles. The second-order valence-electron chi connectivity index (χ2n) is 6.74. The van der Waals surface area contributed by atoms with E-state index in [1.54, 1.807) is 0 Å². The third kappa shape index (κ3) is 4.37. The highest BCUT2D eigenvalue weighted by atomic mass is 32.2. The lowest BCUT2D eigenvalue weighted by molar-refractivity contribution is -0.139. The Balaban J connectivity index is 2.05. The minimum atomic E-state index is -3.74. The fourth-order valence-corrected chi connectivity index (χ4v) is 5.35. The summed E-state index contributed by atoms with van der Waals surface area (Å²) in [5.41, 5.74) is -1.53. The van der Waals surface area contributed by atoms with Gasteiger partial charge in [0, 0.05) is 19.3 Å². The Morgan fingerprint density at radius 3 is 2.32 bits per heavy atom. The fraction of sp³-hybridized carbons (Fsp3) is 1.00. The van der Waals surface area contributed by atoms with Gasteiger partial charge in [-0.2, -0.15) is 0 Å². The molecule has 0 bridgehead atoms. The van der Waals surface area contributed by atoms with Crippen LogP contribution in [0.3, 0.4) is 0 Å². The Labute approximate surface area is 131 Å². The van der Waals surface area contributed by atoms with Gasteiger partial charge in [-0.3, -0.25) is 0 Å². The number of likely N-dealkylation sites (tertiary alicyclic amines) is 1. The van der Waals surface area contributed by atoms with Gasteiger partial charge < -0.3 is 9.64 Å². The SMILES string of the molecule is CN1CCC(NS(=O)(=O)CC2(C(C)(F)F)CCOCC2)CC1. The largest absolute Gasteiger partial charge is 0.381 e. The Bertz CT molecular complexity index is 465. The van der Waals surface area contributed by atoms with E-state index >= 15 is 0 Å². The minimum Gasteiger partial charge on any atom is -0.381 e. The quantitative estimate of drug-likeness (QED) is 0.823. The minimum absolute atomic E-state index is 0.0742. The van der Waals surface area contributed by atoms with Crippen molar-refractivity contribution in [1.29, 1.82) is 0 Å². The van der Waals surface area contributed by atoms with Crippen LogP contribution in [0.5, 0.6) is 0 Å². The number of alkyl halides is 2. The van der Waals surface area contributed by atoms with Gasteiger partial charge in [-0.05, 0) is 52.7 Å². The van der Waals surface area contributed by atoms with Crippen LogP contribution in [-0.2, 0) is 14.8 Å². The van der Waals surface area contributed by atoms with Crippen LogP contribution in [0.25, 0.3) is 0 Å². The Kier molecular flexibility index (Phi) is 5.46. The van der Waals surface area contributed by atoms with E-state index in [-0.39, 0.29) is 32.1 Å². The second kappa shape index (κ2) is 6.67. The van der Waals surface area contributed by atoms with Crippen LogP contribution >= 0.6 is 0 Å². The Morgan fingerprint density at radius 2 is 1.82 bits per heavy atom. The maximum absolute atomic E-state index is 14.1. The summed E-state index contributed by atoms with van der Waals surface area (Å²) >= 11 is 0. The van der Waals surface area contributed by atoms with Crippen LogP contribution < -0.4 is 4.72 Å². The zero-order valence-corrected chi connectivity index (χ0v) is 14.1. The molecular formula is C14H26F2N2O3S. The van der Waals surface area contributed by atoms with Crippen molar-refractivity contribution >= 4 is 10.0 Å². The first-order valence-corrected chi connectivity index (χ1v) is 9.43. The predicted octanol–water partition coefficient (Wildman–Crippen LogP) is 1.45. The number of hydrogen-bond donors (Lipinski definition) is 1. The van der Waals surface area contributed by atoms with Crippen molar-refractivity contribution in [2.24, 2.45) is 5.41 Å². The van der Waals surface area contributed by atoms with Gasteiger partial charge in [0.2, 0.25) is 10.0 Å². The lowest BCUT2D eigenvalue weighted by Crippen LogP contribution is -2.52. The number of hydrogen-bond acceptors (Lipinski definition) is 4. The van der Waals surface area contributed by atoms with Gasteiger partial charge in [0.1, 0.15) is 0 Å². The molecule has 0 unspecified atom stereocenters. The molecule has 2 saturated heterocycles. The molecule has 2 aliphatic rings. The molecule has 0 saturated carbocycles. The van der Waals surface area contributed by atoms with E-state index in [9.17, 15) is 17.2 Å². The van der Waals surface area contributed by atoms with Gasteiger partial charge in [0.05, 0.1) is 11.2 Å². The van der Waals surface area contributed by atoms with Crippen LogP contribution in [0.1, 0.15) is 32.6 Å². The maximum Gasteiger partial charge on any atom is 0.252 e. The molecule has 0 atom stereocenters. The summed E-state index contributed by atoms with van der Waals surface area (Å²) in [5.74, 6) is -3.57. The van der Waals surface area contributed by atoms with Gasteiger partial charge in [-0.25, -0.2) is 21.9 Å². The van der Waals surface area contributed by atoms with Crippen LogP contribution in [0.15, 0.2) is 0 Å². The average Bonchev–Trinajstić information content (AvgIpc) is 2.40. The normalized spacial score (nSPS) is 25.3. The molecule has 5 nitrogen and oxygen atoms in total. The van der Waals surface area contributed by atoms with Gasteiger partial charge in [0.15, 0.2) is 0 Å². The van der Waals surface area contributed by atoms with Crippen molar-refractivity contribution in [3.8, 4) is 0 Å². The monoisotopic (exact) mass is 340 g/mol. The summed E-state index contributed by atoms with van der Waals surface area (Å²) in [6.45, 7) is 2.83. The molecule has 2 rings (SSSR count). The van der Waals surface area contributed by atoms with Crippen molar-refractivity contribution < 1.29 is 21.9 Å². The summed E-state index contributed by atoms with van der Waals surface area (Å²) in [4.78, 5) is 2.13. The number of piperidine rings is 1. The predicted molar refractivity (Wildman–Crippen MR) is 80.5 cm³/mol. The van der Waals surface area contributed by atoms with E-state index in [0.29, 0.717) is 12.8 Å². The van der Waals surface area contributed by atoms with Crippen LogP contribution in [0.4, 0.5) is 8.78 Å². The van der Waals surface area contributed by atoms with Crippen molar-refractivity contribution in [3.05, 3.63) is 0 Å². The number of sulfonamides is 1. The first-order valence-electron chi connectivity index (χ1n) is 7.78. The summed E-state index contributed by atoms with van der Waals surface area (Å²) in [6, 6.07) is -0.149. The summed E-state index contributed by atoms with van der Waals surface area (Å²) in [6.07, 6.45) is 1.58. The van der Waals surface area contributed by atoms with Crippen molar-refractivity contribution in [1.82, 2.24) is 9.62 Å². The van der Waals surface area contributed by atoms with E-state index in [4.69, 9.17) is 4.74 Å². The van der Waals surface area contributed by atoms with Crippen LogP contribution in [0, 0.1) is 5.41 Å². The number of halogens is 2. The highest BCUT2D eigenvalue weighted by molar-refractivity contribution is 7.89. The molecule has 2 aliphatic heterocycles. The molecule has 8 heteroatoms. The lowest BCUT2D eigenvalue weighted by atomic mass is 9.77. The summed E-state index contributed by atoms with van der Waals surface area (Å²) in [5, 5.41) is 0. The number of nitrogens with one attached hydrogen (secondary N) is 1. The molecule has 22 heavy (non-hydrogen) atoms. The van der Waals surface area contributed by atoms with Gasteiger partial charge >= 0.3 is 0 Å². The molecule has 2 fully saturated rings. The van der Waals surface area contributed by atoms with E-state index in [1.165, 1.54) is 0 Å². The van der Waals surface area contributed by atoms with Gasteiger partial charge in [-0.1, -0.05) is 0 Å². The first-order chi connectivity index (χ1) is 10.1. The molecule has 0 spiro atoms. The Hall–Kier alpha value is -0.310. The topological polar surface area (TPSA) is 58.6 Å². The van der Waals surface area contributed by atoms with Gasteiger partial charge in [-0.15, -0.1) is 0 Å². The molecule has 0 aromatic heterocycles. The van der Waals surface area contributed by atoms with E-state index in [1.807, 2.05) is 7.05 Å². The molecule has 0 amide bonds. The van der Waals surface area contributed by atoms with Crippen molar-refractivity contribution in [2.75, 3.05) is 39.1 Å². The average molecular weight is 340 g/mol. The Morgan fingerprint density at radius 1 is 1.27 bits per heavy atom. The number of ether oxygens (including phenoxy) is 1. The molecule has 0 aromatic carbocycles. The van der Waals surface area contributed by atoms with E-state index < -0.39 is 27.1 Å². The molecule has 130 valence electrons. The first kappa shape index (κ1) is 18.0. The number of nitrogens with zero attached hydrogens (tertiary/aromatic N) is 1. The molecule has 1 N–H and O–H groups in total. The van der Waals surface area contributed by atoms with Crippen molar-refractivity contribution in [2.45, 2.75) is 44.6 Å². The fourth-order valence-electron chi connectivity index (χ4n) is 3.26. The maximum atomic E-state index is 14.1. The highest BCUT2D eigenvalue weighted by Gasteiger charge is 2.53. The van der Waals surface area contributed by atoms with Crippen LogP contribution in [-0.4, -0.2) is 64.4 Å². The molecule has 0 aromatic rings.